The Morgan fingerprint density at radius 2 is 1.92 bits per heavy atom. The van der Waals surface area contributed by atoms with E-state index in [1.807, 2.05) is 13.8 Å². The van der Waals surface area contributed by atoms with Gasteiger partial charge in [0.25, 0.3) is 11.7 Å². The van der Waals surface area contributed by atoms with Crippen LogP contribution in [0.25, 0.3) is 0 Å². The number of benzene rings is 1. The lowest BCUT2D eigenvalue weighted by molar-refractivity contribution is -0.203. The molecule has 4 aliphatic rings. The molecule has 0 bridgehead atoms. The maximum atomic E-state index is 13.1. The Bertz CT molecular complexity index is 1110. The molecule has 2 saturated heterocycles. The van der Waals surface area contributed by atoms with Gasteiger partial charge >= 0.3 is 6.61 Å². The van der Waals surface area contributed by atoms with Gasteiger partial charge in [0.2, 0.25) is 5.91 Å². The first-order chi connectivity index (χ1) is 18.4. The lowest BCUT2D eigenvalue weighted by Crippen LogP contribution is -2.58. The van der Waals surface area contributed by atoms with E-state index in [9.17, 15) is 18.4 Å². The third kappa shape index (κ3) is 5.80. The number of ether oxygens (including phenoxy) is 3. The number of hydrogen-bond donors (Lipinski definition) is 2. The lowest BCUT2D eigenvalue weighted by atomic mass is 9.80. The highest BCUT2D eigenvalue weighted by atomic mass is 35.5. The molecule has 216 valence electrons. The van der Waals surface area contributed by atoms with Crippen LogP contribution in [0.5, 0.6) is 11.5 Å². The second-order valence-corrected chi connectivity index (χ2v) is 12.3. The number of likely N-dealkylation sites (tertiary alicyclic amines) is 1. The van der Waals surface area contributed by atoms with Crippen molar-refractivity contribution in [2.24, 2.45) is 11.8 Å². The highest BCUT2D eigenvalue weighted by molar-refractivity contribution is 6.33. The molecule has 5 rings (SSSR count). The molecule has 3 aliphatic heterocycles. The summed E-state index contributed by atoms with van der Waals surface area (Å²) in [5.41, 5.74) is 0.962. The van der Waals surface area contributed by atoms with Gasteiger partial charge in [-0.25, -0.2) is 0 Å². The average molecular weight is 590 g/mol. The van der Waals surface area contributed by atoms with Crippen LogP contribution in [0.4, 0.5) is 8.78 Å². The Morgan fingerprint density at radius 3 is 2.56 bits per heavy atom. The molecule has 1 saturated carbocycles. The largest absolute Gasteiger partial charge is 0.448 e. The predicted molar refractivity (Wildman–Crippen MR) is 142 cm³/mol. The van der Waals surface area contributed by atoms with E-state index < -0.39 is 24.4 Å². The summed E-state index contributed by atoms with van der Waals surface area (Å²) >= 11 is 13.0. The van der Waals surface area contributed by atoms with E-state index in [1.54, 1.807) is 13.0 Å². The number of nitrogens with zero attached hydrogens (tertiary/aromatic N) is 1. The monoisotopic (exact) mass is 589 g/mol. The zero-order valence-electron chi connectivity index (χ0n) is 22.3. The number of carbonyl (C=O) groups excluding carboxylic acids is 2. The van der Waals surface area contributed by atoms with Gasteiger partial charge in [0.1, 0.15) is 0 Å². The lowest BCUT2D eigenvalue weighted by Gasteiger charge is -2.47. The summed E-state index contributed by atoms with van der Waals surface area (Å²) in [4.78, 5) is 27.7. The van der Waals surface area contributed by atoms with Crippen LogP contribution in [0.3, 0.4) is 0 Å². The standard InChI is InChI=1S/C27H35Cl2F2N3O5/c1-13-8-20(28)19(25(36)33-13)10-32-24(35)18-9-21(29)23-22(14(18)2)38-27(3,39-23)15-4-6-16(7-5-15)34-11-17(12-34)37-26(30)31/h9,13,15-17,19-20,26H,4-8,10-12H2,1-3H3,(H,32,35)(H,33,36). The van der Waals surface area contributed by atoms with Crippen molar-refractivity contribution < 1.29 is 32.6 Å². The first-order valence-corrected chi connectivity index (χ1v) is 14.4. The van der Waals surface area contributed by atoms with Gasteiger partial charge in [0, 0.05) is 61.1 Å². The van der Waals surface area contributed by atoms with E-state index >= 15 is 0 Å². The van der Waals surface area contributed by atoms with Crippen LogP contribution in [0, 0.1) is 18.8 Å². The molecule has 1 aromatic carbocycles. The van der Waals surface area contributed by atoms with Crippen molar-refractivity contribution in [2.75, 3.05) is 19.6 Å². The summed E-state index contributed by atoms with van der Waals surface area (Å²) in [6.07, 6.45) is 3.73. The Hall–Kier alpha value is -1.88. The molecule has 1 aromatic rings. The fourth-order valence-electron chi connectivity index (χ4n) is 6.31. The van der Waals surface area contributed by atoms with Crippen molar-refractivity contribution in [3.8, 4) is 11.5 Å². The Morgan fingerprint density at radius 1 is 1.26 bits per heavy atom. The van der Waals surface area contributed by atoms with Crippen LogP contribution in [-0.4, -0.2) is 72.3 Å². The summed E-state index contributed by atoms with van der Waals surface area (Å²) in [6, 6.07) is 1.90. The van der Waals surface area contributed by atoms with Crippen LogP contribution in [0.1, 0.15) is 61.9 Å². The minimum atomic E-state index is -2.73. The van der Waals surface area contributed by atoms with Crippen LogP contribution in [0.15, 0.2) is 6.07 Å². The van der Waals surface area contributed by atoms with Gasteiger partial charge in [-0.2, -0.15) is 8.78 Å². The molecule has 0 radical (unpaired) electrons. The zero-order chi connectivity index (χ0) is 28.1. The van der Waals surface area contributed by atoms with Crippen molar-refractivity contribution in [1.29, 1.82) is 0 Å². The molecule has 3 fully saturated rings. The summed E-state index contributed by atoms with van der Waals surface area (Å²) in [5, 5.41) is 5.63. The van der Waals surface area contributed by atoms with Gasteiger partial charge in [0.05, 0.1) is 17.0 Å². The number of rotatable bonds is 7. The normalized spacial score (nSPS) is 33.1. The minimum Gasteiger partial charge on any atom is -0.448 e. The number of hydrogen-bond acceptors (Lipinski definition) is 6. The third-order valence-corrected chi connectivity index (χ3v) is 9.41. The van der Waals surface area contributed by atoms with Crippen molar-refractivity contribution in [2.45, 2.75) is 88.8 Å². The number of piperidine rings is 1. The Balaban J connectivity index is 1.20. The van der Waals surface area contributed by atoms with E-state index in [0.29, 0.717) is 48.2 Å². The molecule has 39 heavy (non-hydrogen) atoms. The van der Waals surface area contributed by atoms with Gasteiger partial charge in [-0.05, 0) is 52.0 Å². The molecule has 0 aromatic heterocycles. The Kier molecular flexibility index (Phi) is 8.21. The van der Waals surface area contributed by atoms with Crippen molar-refractivity contribution in [3.63, 3.8) is 0 Å². The predicted octanol–water partition coefficient (Wildman–Crippen LogP) is 4.48. The number of amides is 2. The highest BCUT2D eigenvalue weighted by Gasteiger charge is 2.48. The number of alkyl halides is 3. The quantitative estimate of drug-likeness (QED) is 0.456. The molecule has 2 N–H and O–H groups in total. The van der Waals surface area contributed by atoms with Crippen molar-refractivity contribution in [3.05, 3.63) is 22.2 Å². The molecule has 8 nitrogen and oxygen atoms in total. The van der Waals surface area contributed by atoms with E-state index in [2.05, 4.69) is 20.3 Å². The first kappa shape index (κ1) is 28.6. The molecular weight excluding hydrogens is 555 g/mol. The summed E-state index contributed by atoms with van der Waals surface area (Å²) in [5.74, 6) is -1.03. The third-order valence-electron chi connectivity index (χ3n) is 8.64. The van der Waals surface area contributed by atoms with E-state index in [1.165, 1.54) is 0 Å². The number of nitrogens with one attached hydrogen (secondary N) is 2. The molecule has 3 heterocycles. The number of halogens is 4. The van der Waals surface area contributed by atoms with Gasteiger partial charge in [-0.1, -0.05) is 11.6 Å². The fraction of sp³-hybridized carbons (Fsp3) is 0.704. The summed E-state index contributed by atoms with van der Waals surface area (Å²) in [6.45, 7) is 4.04. The number of fused-ring (bicyclic) bond motifs is 1. The van der Waals surface area contributed by atoms with Crippen molar-refractivity contribution >= 4 is 35.0 Å². The molecule has 4 atom stereocenters. The average Bonchev–Trinajstić information content (AvgIpc) is 3.22. The second kappa shape index (κ2) is 11.2. The molecular formula is C27H35Cl2F2N3O5. The maximum absolute atomic E-state index is 13.1. The van der Waals surface area contributed by atoms with Crippen LogP contribution in [0.2, 0.25) is 5.02 Å². The van der Waals surface area contributed by atoms with Gasteiger partial charge in [-0.3, -0.25) is 14.5 Å². The highest BCUT2D eigenvalue weighted by Crippen LogP contribution is 2.52. The van der Waals surface area contributed by atoms with E-state index in [4.69, 9.17) is 32.7 Å². The zero-order valence-corrected chi connectivity index (χ0v) is 23.8. The van der Waals surface area contributed by atoms with Crippen LogP contribution >= 0.6 is 23.2 Å². The van der Waals surface area contributed by atoms with Gasteiger partial charge < -0.3 is 24.8 Å². The van der Waals surface area contributed by atoms with Crippen LogP contribution < -0.4 is 20.1 Å². The van der Waals surface area contributed by atoms with Crippen molar-refractivity contribution in [1.82, 2.24) is 15.5 Å². The Labute approximate surface area is 237 Å². The van der Waals surface area contributed by atoms with E-state index in [0.717, 1.165) is 25.7 Å². The maximum Gasteiger partial charge on any atom is 0.345 e. The minimum absolute atomic E-state index is 0.00170. The molecule has 0 spiro atoms. The van der Waals surface area contributed by atoms with E-state index in [-0.39, 0.29) is 40.7 Å². The molecule has 4 unspecified atom stereocenters. The molecule has 1 aliphatic carbocycles. The smallest absolute Gasteiger partial charge is 0.345 e. The first-order valence-electron chi connectivity index (χ1n) is 13.6. The van der Waals surface area contributed by atoms with Crippen LogP contribution in [-0.2, 0) is 9.53 Å². The molecule has 12 heteroatoms. The second-order valence-electron chi connectivity index (χ2n) is 11.4. The summed E-state index contributed by atoms with van der Waals surface area (Å²) in [7, 11) is 0. The van der Waals surface area contributed by atoms with Gasteiger partial charge in [0.15, 0.2) is 11.5 Å². The fourth-order valence-corrected chi connectivity index (χ4v) is 7.01. The SMILES string of the molecule is Cc1c(C(=O)NCC2C(=O)NC(C)CC2Cl)cc(Cl)c2c1OC(C)(C1CCC(N3CC(OC(F)F)C3)CC1)O2. The number of carbonyl (C=O) groups is 2. The van der Waals surface area contributed by atoms with Gasteiger partial charge in [-0.15, -0.1) is 11.6 Å². The topological polar surface area (TPSA) is 89.1 Å². The summed E-state index contributed by atoms with van der Waals surface area (Å²) < 4.78 is 42.1. The molecule has 2 amide bonds.